The third kappa shape index (κ3) is 2.86. The number of ether oxygens (including phenoxy) is 1. The summed E-state index contributed by atoms with van der Waals surface area (Å²) in [6, 6.07) is 13.9. The van der Waals surface area contributed by atoms with Crippen LogP contribution in [0.5, 0.6) is 5.75 Å². The van der Waals surface area contributed by atoms with Gasteiger partial charge in [0.05, 0.1) is 24.8 Å². The fraction of sp³-hybridized carbons (Fsp3) is 0.238. The number of oxazole rings is 1. The van der Waals surface area contributed by atoms with E-state index in [1.807, 2.05) is 48.2 Å². The fourth-order valence-electron chi connectivity index (χ4n) is 3.53. The van der Waals surface area contributed by atoms with Crippen molar-refractivity contribution >= 4 is 11.6 Å². The molecule has 26 heavy (non-hydrogen) atoms. The van der Waals surface area contributed by atoms with Gasteiger partial charge in [0.1, 0.15) is 5.75 Å². The first-order valence-electron chi connectivity index (χ1n) is 8.62. The van der Waals surface area contributed by atoms with Gasteiger partial charge >= 0.3 is 0 Å². The predicted octanol–water partition coefficient (Wildman–Crippen LogP) is 4.18. The molecule has 0 saturated carbocycles. The minimum Gasteiger partial charge on any atom is -0.496 e. The summed E-state index contributed by atoms with van der Waals surface area (Å²) in [6.07, 6.45) is 3.85. The van der Waals surface area contributed by atoms with Gasteiger partial charge in [-0.2, -0.15) is 0 Å². The van der Waals surface area contributed by atoms with E-state index in [0.717, 1.165) is 23.2 Å². The van der Waals surface area contributed by atoms with Crippen molar-refractivity contribution in [3.8, 4) is 17.1 Å². The summed E-state index contributed by atoms with van der Waals surface area (Å²) < 4.78 is 10.9. The molecule has 132 valence electrons. The molecule has 2 heterocycles. The molecule has 1 aliphatic heterocycles. The minimum absolute atomic E-state index is 0.0881. The van der Waals surface area contributed by atoms with Crippen molar-refractivity contribution in [3.05, 3.63) is 66.2 Å². The molecule has 1 fully saturated rings. The van der Waals surface area contributed by atoms with Crippen LogP contribution < -0.4 is 9.64 Å². The normalized spacial score (nSPS) is 16.9. The standard InChI is InChI=1S/C21H20N2O3/c1-14-4-3-5-15(10-14)17-8-9-23(21(17)24)16-6-7-18(19(11-16)25-2)20-12-22-13-26-20/h3-7,10-13,17H,8-9H2,1-2H3. The van der Waals surface area contributed by atoms with E-state index < -0.39 is 0 Å². The molecule has 1 amide bonds. The molecule has 4 rings (SSSR count). The van der Waals surface area contributed by atoms with Crippen molar-refractivity contribution in [2.75, 3.05) is 18.6 Å². The maximum absolute atomic E-state index is 13.0. The Morgan fingerprint density at radius 1 is 1.23 bits per heavy atom. The van der Waals surface area contributed by atoms with E-state index in [9.17, 15) is 4.79 Å². The molecule has 1 atom stereocenters. The van der Waals surface area contributed by atoms with E-state index in [1.54, 1.807) is 13.3 Å². The molecule has 0 aliphatic carbocycles. The van der Waals surface area contributed by atoms with E-state index in [2.05, 4.69) is 11.1 Å². The molecule has 1 saturated heterocycles. The largest absolute Gasteiger partial charge is 0.496 e. The van der Waals surface area contributed by atoms with E-state index >= 15 is 0 Å². The molecule has 1 unspecified atom stereocenters. The summed E-state index contributed by atoms with van der Waals surface area (Å²) in [5.41, 5.74) is 3.91. The SMILES string of the molecule is COc1cc(N2CCC(c3cccc(C)c3)C2=O)ccc1-c1cnco1. The van der Waals surface area contributed by atoms with E-state index in [0.29, 0.717) is 18.1 Å². The summed E-state index contributed by atoms with van der Waals surface area (Å²) >= 11 is 0. The number of hydrogen-bond donors (Lipinski definition) is 0. The number of benzene rings is 2. The van der Waals surface area contributed by atoms with Crippen LogP contribution in [0.1, 0.15) is 23.5 Å². The maximum Gasteiger partial charge on any atom is 0.234 e. The average Bonchev–Trinajstić information content (AvgIpc) is 3.31. The van der Waals surface area contributed by atoms with Crippen LogP contribution >= 0.6 is 0 Å². The number of nitrogens with zero attached hydrogens (tertiary/aromatic N) is 2. The molecule has 5 nitrogen and oxygen atoms in total. The Morgan fingerprint density at radius 2 is 2.12 bits per heavy atom. The van der Waals surface area contributed by atoms with Gasteiger partial charge in [0.25, 0.3) is 0 Å². The van der Waals surface area contributed by atoms with Crippen molar-refractivity contribution < 1.29 is 13.9 Å². The Bertz CT molecular complexity index is 934. The maximum atomic E-state index is 13.0. The molecule has 0 radical (unpaired) electrons. The summed E-state index contributed by atoms with van der Waals surface area (Å²) in [5, 5.41) is 0. The lowest BCUT2D eigenvalue weighted by Gasteiger charge is -2.19. The minimum atomic E-state index is -0.0881. The van der Waals surface area contributed by atoms with Crippen LogP contribution in [0.15, 0.2) is 59.5 Å². The second kappa shape index (κ2) is 6.67. The van der Waals surface area contributed by atoms with Crippen LogP contribution in [0.4, 0.5) is 5.69 Å². The van der Waals surface area contributed by atoms with Gasteiger partial charge in [-0.1, -0.05) is 29.8 Å². The third-order valence-electron chi connectivity index (χ3n) is 4.84. The van der Waals surface area contributed by atoms with Gasteiger partial charge in [-0.25, -0.2) is 4.98 Å². The highest BCUT2D eigenvalue weighted by Gasteiger charge is 2.34. The number of rotatable bonds is 4. The van der Waals surface area contributed by atoms with Crippen molar-refractivity contribution in [3.63, 3.8) is 0 Å². The zero-order chi connectivity index (χ0) is 18.1. The number of anilines is 1. The van der Waals surface area contributed by atoms with Gasteiger partial charge in [-0.15, -0.1) is 0 Å². The number of hydrogen-bond acceptors (Lipinski definition) is 4. The van der Waals surface area contributed by atoms with Gasteiger partial charge in [-0.3, -0.25) is 4.79 Å². The summed E-state index contributed by atoms with van der Waals surface area (Å²) in [6.45, 7) is 2.75. The first-order valence-corrected chi connectivity index (χ1v) is 8.62. The molecule has 1 aliphatic rings. The Hall–Kier alpha value is -3.08. The topological polar surface area (TPSA) is 55.6 Å². The van der Waals surface area contributed by atoms with Crippen LogP contribution in [0.3, 0.4) is 0 Å². The predicted molar refractivity (Wildman–Crippen MR) is 99.4 cm³/mol. The quantitative estimate of drug-likeness (QED) is 0.710. The van der Waals surface area contributed by atoms with Gasteiger partial charge in [-0.05, 0) is 31.0 Å². The zero-order valence-corrected chi connectivity index (χ0v) is 14.8. The van der Waals surface area contributed by atoms with Gasteiger partial charge in [0.15, 0.2) is 12.2 Å². The Kier molecular flexibility index (Phi) is 4.21. The highest BCUT2D eigenvalue weighted by Crippen LogP contribution is 2.37. The van der Waals surface area contributed by atoms with Crippen LogP contribution in [0.25, 0.3) is 11.3 Å². The molecule has 1 aromatic heterocycles. The Morgan fingerprint density at radius 3 is 2.85 bits per heavy atom. The van der Waals surface area contributed by atoms with Crippen molar-refractivity contribution in [1.29, 1.82) is 0 Å². The number of aryl methyl sites for hydroxylation is 1. The molecular formula is C21H20N2O3. The zero-order valence-electron chi connectivity index (χ0n) is 14.8. The van der Waals surface area contributed by atoms with Crippen LogP contribution in [0.2, 0.25) is 0 Å². The van der Waals surface area contributed by atoms with E-state index in [-0.39, 0.29) is 11.8 Å². The van der Waals surface area contributed by atoms with E-state index in [1.165, 1.54) is 12.0 Å². The Labute approximate surface area is 152 Å². The first-order chi connectivity index (χ1) is 12.7. The molecule has 0 N–H and O–H groups in total. The van der Waals surface area contributed by atoms with Crippen LogP contribution in [-0.2, 0) is 4.79 Å². The molecule has 0 spiro atoms. The highest BCUT2D eigenvalue weighted by atomic mass is 16.5. The fourth-order valence-corrected chi connectivity index (χ4v) is 3.53. The van der Waals surface area contributed by atoms with Crippen LogP contribution in [0, 0.1) is 6.92 Å². The molecule has 5 heteroatoms. The number of aromatic nitrogens is 1. The molecular weight excluding hydrogens is 328 g/mol. The first kappa shape index (κ1) is 16.4. The lowest BCUT2D eigenvalue weighted by Crippen LogP contribution is -2.26. The highest BCUT2D eigenvalue weighted by molar-refractivity contribution is 6.00. The van der Waals surface area contributed by atoms with Gasteiger partial charge < -0.3 is 14.1 Å². The lowest BCUT2D eigenvalue weighted by atomic mass is 9.96. The third-order valence-corrected chi connectivity index (χ3v) is 4.84. The summed E-state index contributed by atoms with van der Waals surface area (Å²) in [5.74, 6) is 1.34. The monoisotopic (exact) mass is 348 g/mol. The second-order valence-corrected chi connectivity index (χ2v) is 6.50. The van der Waals surface area contributed by atoms with Crippen molar-refractivity contribution in [1.82, 2.24) is 4.98 Å². The number of amides is 1. The van der Waals surface area contributed by atoms with Crippen molar-refractivity contribution in [2.45, 2.75) is 19.3 Å². The van der Waals surface area contributed by atoms with Crippen LogP contribution in [-0.4, -0.2) is 24.5 Å². The summed E-state index contributed by atoms with van der Waals surface area (Å²) in [4.78, 5) is 18.8. The molecule has 0 bridgehead atoms. The summed E-state index contributed by atoms with van der Waals surface area (Å²) in [7, 11) is 1.61. The lowest BCUT2D eigenvalue weighted by molar-refractivity contribution is -0.118. The molecule has 3 aromatic rings. The number of carbonyl (C=O) groups excluding carboxylic acids is 1. The van der Waals surface area contributed by atoms with Gasteiger partial charge in [0.2, 0.25) is 5.91 Å². The van der Waals surface area contributed by atoms with Gasteiger partial charge in [0, 0.05) is 18.3 Å². The number of carbonyl (C=O) groups is 1. The Balaban J connectivity index is 1.63. The van der Waals surface area contributed by atoms with E-state index in [4.69, 9.17) is 9.15 Å². The average molecular weight is 348 g/mol. The smallest absolute Gasteiger partial charge is 0.234 e. The van der Waals surface area contributed by atoms with Crippen molar-refractivity contribution in [2.24, 2.45) is 0 Å². The number of methoxy groups -OCH3 is 1. The molecule has 2 aromatic carbocycles. The second-order valence-electron chi connectivity index (χ2n) is 6.50.